The molecule has 1 aromatic rings. The molecular formula is C13H15BrClNO2. The van der Waals surface area contributed by atoms with Crippen molar-refractivity contribution in [1.82, 2.24) is 5.32 Å². The third kappa shape index (κ3) is 3.46. The van der Waals surface area contributed by atoms with Crippen molar-refractivity contribution >= 4 is 33.4 Å². The van der Waals surface area contributed by atoms with E-state index in [1.165, 1.54) is 0 Å². The molecule has 0 spiro atoms. The number of aliphatic hydroxyl groups excluding tert-OH is 1. The summed E-state index contributed by atoms with van der Waals surface area (Å²) in [7, 11) is 0. The molecule has 0 aliphatic heterocycles. The molecule has 1 aliphatic rings. The molecule has 2 N–H and O–H groups in total. The van der Waals surface area contributed by atoms with Crippen molar-refractivity contribution in [2.24, 2.45) is 0 Å². The van der Waals surface area contributed by atoms with Crippen molar-refractivity contribution in [3.8, 4) is 0 Å². The van der Waals surface area contributed by atoms with Crippen molar-refractivity contribution in [1.29, 1.82) is 0 Å². The number of carbonyl (C=O) groups excluding carboxylic acids is 1. The zero-order valence-electron chi connectivity index (χ0n) is 9.83. The average Bonchev–Trinajstić information content (AvgIpc) is 2.32. The van der Waals surface area contributed by atoms with Gasteiger partial charge in [-0.25, -0.2) is 0 Å². The Hall–Kier alpha value is -0.580. The van der Waals surface area contributed by atoms with E-state index in [9.17, 15) is 9.90 Å². The van der Waals surface area contributed by atoms with E-state index >= 15 is 0 Å². The van der Waals surface area contributed by atoms with Gasteiger partial charge in [-0.05, 0) is 59.8 Å². The second-order valence-electron chi connectivity index (χ2n) is 4.60. The number of carbonyl (C=O) groups is 1. The molecule has 1 amide bonds. The molecule has 18 heavy (non-hydrogen) atoms. The van der Waals surface area contributed by atoms with Crippen LogP contribution in [0, 0.1) is 0 Å². The van der Waals surface area contributed by atoms with E-state index in [1.54, 1.807) is 18.2 Å². The highest BCUT2D eigenvalue weighted by atomic mass is 79.9. The molecule has 1 aliphatic carbocycles. The minimum absolute atomic E-state index is 0.0973. The molecule has 0 radical (unpaired) electrons. The van der Waals surface area contributed by atoms with Crippen LogP contribution in [0.25, 0.3) is 0 Å². The number of hydrogen-bond acceptors (Lipinski definition) is 2. The average molecular weight is 333 g/mol. The van der Waals surface area contributed by atoms with Crippen LogP contribution in [0.3, 0.4) is 0 Å². The lowest BCUT2D eigenvalue weighted by Gasteiger charge is -2.26. The number of halogens is 2. The Kier molecular flexibility index (Phi) is 4.65. The molecule has 0 saturated heterocycles. The Labute approximate surface area is 120 Å². The molecule has 5 heteroatoms. The van der Waals surface area contributed by atoms with Crippen molar-refractivity contribution in [2.75, 3.05) is 0 Å². The lowest BCUT2D eigenvalue weighted by molar-refractivity contribution is 0.0867. The maximum Gasteiger partial charge on any atom is 0.252 e. The molecule has 0 atom stereocenters. The quantitative estimate of drug-likeness (QED) is 0.874. The van der Waals surface area contributed by atoms with E-state index in [0.717, 1.165) is 25.7 Å². The van der Waals surface area contributed by atoms with E-state index in [-0.39, 0.29) is 18.1 Å². The lowest BCUT2D eigenvalue weighted by atomic mass is 9.93. The van der Waals surface area contributed by atoms with Crippen LogP contribution in [0.2, 0.25) is 5.02 Å². The highest BCUT2D eigenvalue weighted by Gasteiger charge is 2.21. The fourth-order valence-electron chi connectivity index (χ4n) is 2.16. The third-order valence-corrected chi connectivity index (χ3v) is 4.10. The van der Waals surface area contributed by atoms with Gasteiger partial charge in [0, 0.05) is 15.5 Å². The summed E-state index contributed by atoms with van der Waals surface area (Å²) in [5.74, 6) is -0.0973. The summed E-state index contributed by atoms with van der Waals surface area (Å²) in [5, 5.41) is 13.0. The maximum absolute atomic E-state index is 12.1. The van der Waals surface area contributed by atoms with Gasteiger partial charge < -0.3 is 10.4 Å². The summed E-state index contributed by atoms with van der Waals surface area (Å²) in [4.78, 5) is 12.1. The van der Waals surface area contributed by atoms with E-state index in [0.29, 0.717) is 15.1 Å². The molecule has 2 rings (SSSR count). The van der Waals surface area contributed by atoms with Gasteiger partial charge in [0.1, 0.15) is 0 Å². The van der Waals surface area contributed by atoms with Gasteiger partial charge in [0.05, 0.1) is 11.7 Å². The fourth-order valence-corrected chi connectivity index (χ4v) is 3.02. The van der Waals surface area contributed by atoms with Gasteiger partial charge in [0.15, 0.2) is 0 Å². The monoisotopic (exact) mass is 331 g/mol. The second-order valence-corrected chi connectivity index (χ2v) is 5.89. The van der Waals surface area contributed by atoms with Gasteiger partial charge in [-0.3, -0.25) is 4.79 Å². The van der Waals surface area contributed by atoms with Crippen molar-refractivity contribution in [3.05, 3.63) is 33.3 Å². The minimum Gasteiger partial charge on any atom is -0.393 e. The van der Waals surface area contributed by atoms with Gasteiger partial charge in [-0.2, -0.15) is 0 Å². The number of rotatable bonds is 2. The second kappa shape index (κ2) is 6.04. The minimum atomic E-state index is -0.208. The van der Waals surface area contributed by atoms with Gasteiger partial charge in [-0.15, -0.1) is 0 Å². The van der Waals surface area contributed by atoms with Gasteiger partial charge in [0.25, 0.3) is 5.91 Å². The summed E-state index contributed by atoms with van der Waals surface area (Å²) in [6.07, 6.45) is 2.97. The first kappa shape index (κ1) is 13.8. The van der Waals surface area contributed by atoms with Crippen molar-refractivity contribution < 1.29 is 9.90 Å². The molecule has 1 saturated carbocycles. The summed E-state index contributed by atoms with van der Waals surface area (Å²) in [5.41, 5.74) is 0.588. The molecule has 0 heterocycles. The highest BCUT2D eigenvalue weighted by Crippen LogP contribution is 2.23. The fraction of sp³-hybridized carbons (Fsp3) is 0.462. The number of aliphatic hydroxyl groups is 1. The Bertz CT molecular complexity index is 445. The van der Waals surface area contributed by atoms with Crippen molar-refractivity contribution in [3.63, 3.8) is 0 Å². The Balaban J connectivity index is 1.99. The number of amides is 1. The summed E-state index contributed by atoms with van der Waals surface area (Å²) < 4.78 is 0.698. The predicted octanol–water partition coefficient (Wildman–Crippen LogP) is 3.14. The number of hydrogen-bond donors (Lipinski definition) is 2. The molecule has 1 aromatic carbocycles. The molecule has 0 aromatic heterocycles. The van der Waals surface area contributed by atoms with Crippen LogP contribution in [0.15, 0.2) is 22.7 Å². The zero-order chi connectivity index (χ0) is 13.1. The van der Waals surface area contributed by atoms with Gasteiger partial charge in [-0.1, -0.05) is 11.6 Å². The molecular weight excluding hydrogens is 318 g/mol. The third-order valence-electron chi connectivity index (χ3n) is 3.21. The summed E-state index contributed by atoms with van der Waals surface area (Å²) in [6, 6.07) is 5.27. The van der Waals surface area contributed by atoms with Crippen LogP contribution in [-0.2, 0) is 0 Å². The van der Waals surface area contributed by atoms with E-state index in [1.807, 2.05) is 0 Å². The Morgan fingerprint density at radius 1 is 1.33 bits per heavy atom. The normalized spacial score (nSPS) is 23.7. The largest absolute Gasteiger partial charge is 0.393 e. The van der Waals surface area contributed by atoms with Crippen molar-refractivity contribution in [2.45, 2.75) is 37.8 Å². The molecule has 98 valence electrons. The maximum atomic E-state index is 12.1. The van der Waals surface area contributed by atoms with Crippen LogP contribution in [-0.4, -0.2) is 23.2 Å². The summed E-state index contributed by atoms with van der Waals surface area (Å²) >= 11 is 9.18. The first-order valence-corrected chi connectivity index (χ1v) is 7.17. The first-order valence-electron chi connectivity index (χ1n) is 6.00. The smallest absolute Gasteiger partial charge is 0.252 e. The molecule has 0 unspecified atom stereocenters. The molecule has 0 bridgehead atoms. The SMILES string of the molecule is O=C(NC1CCC(O)CC1)c1ccc(Cl)cc1Br. The Morgan fingerprint density at radius 3 is 2.61 bits per heavy atom. The van der Waals surface area contributed by atoms with E-state index < -0.39 is 0 Å². The Morgan fingerprint density at radius 2 is 2.00 bits per heavy atom. The van der Waals surface area contributed by atoms with E-state index in [2.05, 4.69) is 21.2 Å². The standard InChI is InChI=1S/C13H15BrClNO2/c14-12-7-8(15)1-6-11(12)13(18)16-9-2-4-10(17)5-3-9/h1,6-7,9-10,17H,2-5H2,(H,16,18). The van der Waals surface area contributed by atoms with Gasteiger partial charge >= 0.3 is 0 Å². The first-order chi connectivity index (χ1) is 8.56. The lowest BCUT2D eigenvalue weighted by Crippen LogP contribution is -2.38. The molecule has 3 nitrogen and oxygen atoms in total. The number of benzene rings is 1. The van der Waals surface area contributed by atoms with Crippen LogP contribution in [0.4, 0.5) is 0 Å². The van der Waals surface area contributed by atoms with Crippen LogP contribution >= 0.6 is 27.5 Å². The van der Waals surface area contributed by atoms with Crippen LogP contribution in [0.5, 0.6) is 0 Å². The summed E-state index contributed by atoms with van der Waals surface area (Å²) in [6.45, 7) is 0. The number of nitrogens with one attached hydrogen (secondary N) is 1. The zero-order valence-corrected chi connectivity index (χ0v) is 12.2. The van der Waals surface area contributed by atoms with E-state index in [4.69, 9.17) is 11.6 Å². The predicted molar refractivity (Wildman–Crippen MR) is 74.9 cm³/mol. The van der Waals surface area contributed by atoms with Gasteiger partial charge in [0.2, 0.25) is 0 Å². The highest BCUT2D eigenvalue weighted by molar-refractivity contribution is 9.10. The van der Waals surface area contributed by atoms with Crippen LogP contribution < -0.4 is 5.32 Å². The topological polar surface area (TPSA) is 49.3 Å². The van der Waals surface area contributed by atoms with Crippen LogP contribution in [0.1, 0.15) is 36.0 Å². The molecule has 1 fully saturated rings.